The van der Waals surface area contributed by atoms with Crippen molar-refractivity contribution >= 4 is 27.0 Å². The summed E-state index contributed by atoms with van der Waals surface area (Å²) < 4.78 is 83.4. The van der Waals surface area contributed by atoms with Crippen molar-refractivity contribution in [2.75, 3.05) is 31.1 Å². The number of thiophene rings is 1. The number of aromatic nitrogens is 1. The van der Waals surface area contributed by atoms with Crippen LogP contribution in [0, 0.1) is 5.82 Å². The number of sulfonamides is 1. The van der Waals surface area contributed by atoms with E-state index < -0.39 is 22.0 Å². The highest BCUT2D eigenvalue weighted by molar-refractivity contribution is 7.91. The molecule has 1 fully saturated rings. The number of anilines is 1. The van der Waals surface area contributed by atoms with Crippen molar-refractivity contribution in [2.45, 2.75) is 10.4 Å². The number of piperazine rings is 1. The number of rotatable bonds is 4. The second kappa shape index (κ2) is 7.67. The lowest BCUT2D eigenvalue weighted by atomic mass is 10.2. The van der Waals surface area contributed by atoms with E-state index in [0.717, 1.165) is 17.4 Å². The predicted octanol–water partition coefficient (Wildman–Crippen LogP) is 4.07. The molecule has 3 aromatic rings. The molecule has 1 aliphatic heterocycles. The first-order chi connectivity index (χ1) is 14.2. The first-order valence-electron chi connectivity index (χ1n) is 8.79. The molecule has 0 aliphatic carbocycles. The van der Waals surface area contributed by atoms with E-state index in [1.165, 1.54) is 21.8 Å². The van der Waals surface area contributed by atoms with Crippen LogP contribution in [0.25, 0.3) is 11.3 Å². The molecule has 3 heterocycles. The molecule has 30 heavy (non-hydrogen) atoms. The fourth-order valence-electron chi connectivity index (χ4n) is 3.14. The number of benzene rings is 1. The molecule has 0 N–H and O–H groups in total. The normalized spacial score (nSPS) is 16.2. The standard InChI is InChI=1S/C18H15F4N3O3S2/c19-13-3-1-2-4-15(13)24-5-7-25(8-6-24)30(26,27)17-9-12(11-29-17)14-10-16(28-23-14)18(20,21)22/h1-4,9-11H,5-8H2. The summed E-state index contributed by atoms with van der Waals surface area (Å²) in [7, 11) is -3.84. The minimum absolute atomic E-state index is 0.00611. The third-order valence-electron chi connectivity index (χ3n) is 4.69. The van der Waals surface area contributed by atoms with Gasteiger partial charge in [0.05, 0.1) is 5.69 Å². The smallest absolute Gasteiger partial charge is 0.367 e. The quantitative estimate of drug-likeness (QED) is 0.548. The molecule has 0 bridgehead atoms. The Morgan fingerprint density at radius 3 is 2.40 bits per heavy atom. The molecule has 1 aliphatic rings. The van der Waals surface area contributed by atoms with Crippen molar-refractivity contribution in [1.29, 1.82) is 0 Å². The summed E-state index contributed by atoms with van der Waals surface area (Å²) in [6, 6.07) is 8.29. The van der Waals surface area contributed by atoms with Crippen molar-refractivity contribution in [3.63, 3.8) is 0 Å². The van der Waals surface area contributed by atoms with Gasteiger partial charge < -0.3 is 9.42 Å². The number of alkyl halides is 3. The number of nitrogens with zero attached hydrogens (tertiary/aromatic N) is 3. The van der Waals surface area contributed by atoms with Gasteiger partial charge in [-0.2, -0.15) is 17.5 Å². The summed E-state index contributed by atoms with van der Waals surface area (Å²) in [6.07, 6.45) is -4.67. The van der Waals surface area contributed by atoms with E-state index in [1.807, 2.05) is 0 Å². The van der Waals surface area contributed by atoms with E-state index in [-0.39, 0.29) is 34.4 Å². The Kier molecular flexibility index (Phi) is 5.32. The minimum atomic E-state index is -4.67. The van der Waals surface area contributed by atoms with Gasteiger partial charge in [-0.25, -0.2) is 12.8 Å². The second-order valence-electron chi connectivity index (χ2n) is 6.57. The van der Waals surface area contributed by atoms with Crippen LogP contribution in [0.1, 0.15) is 5.76 Å². The predicted molar refractivity (Wildman–Crippen MR) is 102 cm³/mol. The van der Waals surface area contributed by atoms with Crippen LogP contribution in [0.4, 0.5) is 23.2 Å². The number of hydrogen-bond donors (Lipinski definition) is 0. The summed E-state index contributed by atoms with van der Waals surface area (Å²) in [5.41, 5.74) is 0.548. The Balaban J connectivity index is 1.49. The summed E-state index contributed by atoms with van der Waals surface area (Å²) in [6.45, 7) is 0.950. The fourth-order valence-corrected chi connectivity index (χ4v) is 5.88. The third kappa shape index (κ3) is 3.94. The van der Waals surface area contributed by atoms with Gasteiger partial charge in [-0.1, -0.05) is 17.3 Å². The van der Waals surface area contributed by atoms with Gasteiger partial charge in [0, 0.05) is 43.2 Å². The van der Waals surface area contributed by atoms with Gasteiger partial charge in [0.2, 0.25) is 5.76 Å². The van der Waals surface area contributed by atoms with Crippen LogP contribution in [0.2, 0.25) is 0 Å². The molecule has 1 saturated heterocycles. The van der Waals surface area contributed by atoms with Crippen molar-refractivity contribution in [1.82, 2.24) is 9.46 Å². The molecular formula is C18H15F4N3O3S2. The maximum atomic E-state index is 14.0. The Hall–Kier alpha value is -2.44. The van der Waals surface area contributed by atoms with E-state index in [9.17, 15) is 26.0 Å². The molecule has 0 saturated carbocycles. The maximum Gasteiger partial charge on any atom is 0.452 e. The van der Waals surface area contributed by atoms with Crippen molar-refractivity contribution in [3.8, 4) is 11.3 Å². The summed E-state index contributed by atoms with van der Waals surface area (Å²) in [5, 5.41) is 4.79. The first kappa shape index (κ1) is 20.8. The van der Waals surface area contributed by atoms with Crippen molar-refractivity contribution < 1.29 is 30.5 Å². The molecule has 1 aromatic carbocycles. The van der Waals surface area contributed by atoms with Gasteiger partial charge in [-0.15, -0.1) is 11.3 Å². The van der Waals surface area contributed by atoms with Crippen molar-refractivity contribution in [3.05, 3.63) is 53.4 Å². The van der Waals surface area contributed by atoms with Crippen LogP contribution in [-0.2, 0) is 16.2 Å². The molecule has 2 aromatic heterocycles. The second-order valence-corrected chi connectivity index (χ2v) is 9.65. The molecule has 4 rings (SSSR count). The summed E-state index contributed by atoms with van der Waals surface area (Å²) in [4.78, 5) is 1.77. The average molecular weight is 461 g/mol. The van der Waals surface area contributed by atoms with Crippen LogP contribution >= 0.6 is 11.3 Å². The minimum Gasteiger partial charge on any atom is -0.367 e. The average Bonchev–Trinajstić information content (AvgIpc) is 3.38. The van der Waals surface area contributed by atoms with E-state index in [2.05, 4.69) is 9.68 Å². The highest BCUT2D eigenvalue weighted by atomic mass is 32.2. The lowest BCUT2D eigenvalue weighted by Gasteiger charge is -2.35. The van der Waals surface area contributed by atoms with Crippen LogP contribution < -0.4 is 4.90 Å². The zero-order chi connectivity index (χ0) is 21.5. The largest absolute Gasteiger partial charge is 0.452 e. The monoisotopic (exact) mass is 461 g/mol. The molecule has 0 amide bonds. The highest BCUT2D eigenvalue weighted by Gasteiger charge is 2.36. The number of hydrogen-bond acceptors (Lipinski definition) is 6. The molecule has 0 spiro atoms. The zero-order valence-electron chi connectivity index (χ0n) is 15.3. The molecule has 0 atom stereocenters. The van der Waals surface area contributed by atoms with Crippen molar-refractivity contribution in [2.24, 2.45) is 0 Å². The highest BCUT2D eigenvalue weighted by Crippen LogP contribution is 2.35. The Morgan fingerprint density at radius 2 is 1.77 bits per heavy atom. The maximum absolute atomic E-state index is 14.0. The number of para-hydroxylation sites is 1. The Bertz CT molecular complexity index is 1150. The lowest BCUT2D eigenvalue weighted by molar-refractivity contribution is -0.155. The van der Waals surface area contributed by atoms with E-state index in [1.54, 1.807) is 23.1 Å². The molecule has 6 nitrogen and oxygen atoms in total. The Morgan fingerprint density at radius 1 is 1.07 bits per heavy atom. The molecular weight excluding hydrogens is 446 g/mol. The SMILES string of the molecule is O=S(=O)(c1cc(-c2cc(C(F)(F)F)on2)cs1)N1CCN(c2ccccc2F)CC1. The Labute approximate surface area is 173 Å². The third-order valence-corrected chi connectivity index (χ3v) is 8.00. The first-order valence-corrected chi connectivity index (χ1v) is 11.1. The lowest BCUT2D eigenvalue weighted by Crippen LogP contribution is -2.48. The molecule has 0 radical (unpaired) electrons. The number of halogens is 4. The van der Waals surface area contributed by atoms with Crippen LogP contribution in [0.15, 0.2) is 50.5 Å². The van der Waals surface area contributed by atoms with E-state index >= 15 is 0 Å². The van der Waals surface area contributed by atoms with E-state index in [4.69, 9.17) is 0 Å². The van der Waals surface area contributed by atoms with E-state index in [0.29, 0.717) is 18.8 Å². The summed E-state index contributed by atoms with van der Waals surface area (Å²) in [5.74, 6) is -1.63. The van der Waals surface area contributed by atoms with Gasteiger partial charge in [0.25, 0.3) is 10.0 Å². The van der Waals surface area contributed by atoms with Crippen LogP contribution in [-0.4, -0.2) is 44.1 Å². The molecule has 160 valence electrons. The van der Waals surface area contributed by atoms with Crippen LogP contribution in [0.3, 0.4) is 0 Å². The fraction of sp³-hybridized carbons (Fsp3) is 0.278. The van der Waals surface area contributed by atoms with Gasteiger partial charge >= 0.3 is 6.18 Å². The zero-order valence-corrected chi connectivity index (χ0v) is 16.9. The van der Waals surface area contributed by atoms with Gasteiger partial charge in [-0.05, 0) is 18.2 Å². The molecule has 0 unspecified atom stereocenters. The van der Waals surface area contributed by atoms with Gasteiger partial charge in [0.1, 0.15) is 15.7 Å². The topological polar surface area (TPSA) is 66.7 Å². The molecule has 12 heteroatoms. The summed E-state index contributed by atoms with van der Waals surface area (Å²) >= 11 is 0.895. The van der Waals surface area contributed by atoms with Gasteiger partial charge in [0.15, 0.2) is 0 Å². The van der Waals surface area contributed by atoms with Gasteiger partial charge in [-0.3, -0.25) is 0 Å². The van der Waals surface area contributed by atoms with Crippen LogP contribution in [0.5, 0.6) is 0 Å².